The molecule has 0 unspecified atom stereocenters. The molecule has 0 aliphatic heterocycles. The van der Waals surface area contributed by atoms with Crippen molar-refractivity contribution in [3.05, 3.63) is 186 Å². The number of benzene rings is 8. The predicted octanol–water partition coefficient (Wildman–Crippen LogP) is 17.7. The zero-order valence-electron chi connectivity index (χ0n) is 42.3. The van der Waals surface area contributed by atoms with E-state index < -0.39 is 0 Å². The molecule has 4 heteroatoms. The smallest absolute Gasteiger partial charge is 0.0998 e. The second-order valence-corrected chi connectivity index (χ2v) is 23.5. The van der Waals surface area contributed by atoms with Crippen LogP contribution in [0.25, 0.3) is 93.6 Å². The van der Waals surface area contributed by atoms with Gasteiger partial charge in [0, 0.05) is 49.4 Å². The summed E-state index contributed by atoms with van der Waals surface area (Å²) in [5.74, 6) is 0. The van der Waals surface area contributed by atoms with Crippen LogP contribution in [0.3, 0.4) is 0 Å². The Morgan fingerprint density at radius 1 is 0.348 bits per heavy atom. The Morgan fingerprint density at radius 3 is 1.19 bits per heavy atom. The van der Waals surface area contributed by atoms with Crippen LogP contribution in [0.4, 0.5) is 0 Å². The van der Waals surface area contributed by atoms with Gasteiger partial charge in [-0.2, -0.15) is 5.26 Å². The largest absolute Gasteiger partial charge is 0.309 e. The SMILES string of the molecule is CC(C)(C)c1cc(-n2c3ccccc3c3c2ccc2c4ccc5c(c6ccccc6n5-c5ccc(-c6ccccc6)c(C#N)c5)c4n(-c4cc(C(C)(C)C)cc(C(C)(C)C)c4)c23)cc(C(C)(C)C)c1. The van der Waals surface area contributed by atoms with E-state index in [0.29, 0.717) is 5.56 Å². The van der Waals surface area contributed by atoms with Crippen molar-refractivity contribution in [3.8, 4) is 34.3 Å². The van der Waals surface area contributed by atoms with E-state index in [1.807, 2.05) is 18.2 Å². The van der Waals surface area contributed by atoms with Crippen molar-refractivity contribution in [1.29, 1.82) is 5.26 Å². The molecule has 0 saturated carbocycles. The van der Waals surface area contributed by atoms with E-state index in [9.17, 15) is 5.26 Å². The van der Waals surface area contributed by atoms with Gasteiger partial charge in [-0.3, -0.25) is 0 Å². The van der Waals surface area contributed by atoms with Crippen molar-refractivity contribution in [2.75, 3.05) is 0 Å². The molecule has 0 aliphatic rings. The maximum Gasteiger partial charge on any atom is 0.0998 e. The summed E-state index contributed by atoms with van der Waals surface area (Å²) in [6, 6.07) is 61.0. The van der Waals surface area contributed by atoms with Gasteiger partial charge in [-0.25, -0.2) is 0 Å². The molecule has 0 spiro atoms. The van der Waals surface area contributed by atoms with Crippen LogP contribution in [-0.2, 0) is 21.7 Å². The molecule has 3 aromatic heterocycles. The lowest BCUT2D eigenvalue weighted by atomic mass is 9.80. The summed E-state index contributed by atoms with van der Waals surface area (Å²) >= 11 is 0. The van der Waals surface area contributed by atoms with E-state index >= 15 is 0 Å². The lowest BCUT2D eigenvalue weighted by molar-refractivity contribution is 0.567. The first-order valence-electron chi connectivity index (χ1n) is 24.6. The standard InChI is InChI=1S/C65H62N4/c1-62(2,3)42-33-43(63(4,5)6)36-47(35-42)68-55-25-19-17-23-53(55)59-57(68)31-29-51-50-28-30-56-58(60(50)69(61(51)59)48-37-44(64(7,8)9)34-45(38-48)65(10,11)12)52-22-16-18-24-54(52)67(56)46-26-27-49(41(32-46)39-66)40-20-14-13-15-21-40/h13-38H,1-12H3. The molecule has 0 amide bonds. The minimum atomic E-state index is -0.0986. The van der Waals surface area contributed by atoms with Crippen molar-refractivity contribution in [3.63, 3.8) is 0 Å². The zero-order valence-corrected chi connectivity index (χ0v) is 42.3. The highest BCUT2D eigenvalue weighted by Crippen LogP contribution is 2.48. The fraction of sp³-hybridized carbons (Fsp3) is 0.246. The molecular weight excluding hydrogens is 837 g/mol. The van der Waals surface area contributed by atoms with Gasteiger partial charge in [0.1, 0.15) is 0 Å². The van der Waals surface area contributed by atoms with Gasteiger partial charge >= 0.3 is 0 Å². The van der Waals surface area contributed by atoms with Gasteiger partial charge in [-0.05, 0) is 116 Å². The van der Waals surface area contributed by atoms with Gasteiger partial charge < -0.3 is 13.7 Å². The lowest BCUT2D eigenvalue weighted by Crippen LogP contribution is -2.17. The van der Waals surface area contributed by atoms with Gasteiger partial charge in [0.25, 0.3) is 0 Å². The molecule has 0 atom stereocenters. The Labute approximate surface area is 407 Å². The summed E-state index contributed by atoms with van der Waals surface area (Å²) in [7, 11) is 0. The van der Waals surface area contributed by atoms with Gasteiger partial charge in [0.2, 0.25) is 0 Å². The normalized spacial score (nSPS) is 12.9. The second kappa shape index (κ2) is 15.3. The third kappa shape index (κ3) is 7.08. The van der Waals surface area contributed by atoms with Crippen LogP contribution in [0.2, 0.25) is 0 Å². The van der Waals surface area contributed by atoms with Crippen molar-refractivity contribution in [2.45, 2.75) is 105 Å². The van der Waals surface area contributed by atoms with Gasteiger partial charge in [0.15, 0.2) is 0 Å². The van der Waals surface area contributed by atoms with E-state index in [-0.39, 0.29) is 21.7 Å². The Morgan fingerprint density at radius 2 is 0.754 bits per heavy atom. The molecule has 11 rings (SSSR count). The van der Waals surface area contributed by atoms with Crippen LogP contribution in [-0.4, -0.2) is 13.7 Å². The van der Waals surface area contributed by atoms with Crippen molar-refractivity contribution >= 4 is 65.4 Å². The highest BCUT2D eigenvalue weighted by Gasteiger charge is 2.29. The van der Waals surface area contributed by atoms with Crippen LogP contribution in [0, 0.1) is 11.3 Å². The minimum Gasteiger partial charge on any atom is -0.309 e. The molecule has 0 radical (unpaired) electrons. The van der Waals surface area contributed by atoms with Crippen LogP contribution in [0.15, 0.2) is 158 Å². The Kier molecular flexibility index (Phi) is 9.81. The third-order valence-electron chi connectivity index (χ3n) is 14.6. The number of para-hydroxylation sites is 2. The lowest BCUT2D eigenvalue weighted by Gasteiger charge is -2.27. The fourth-order valence-corrected chi connectivity index (χ4v) is 10.8. The molecule has 69 heavy (non-hydrogen) atoms. The van der Waals surface area contributed by atoms with Crippen LogP contribution >= 0.6 is 0 Å². The molecule has 8 aromatic carbocycles. The summed E-state index contributed by atoms with van der Waals surface area (Å²) in [5.41, 5.74) is 17.9. The zero-order chi connectivity index (χ0) is 48.5. The molecule has 0 fully saturated rings. The topological polar surface area (TPSA) is 38.6 Å². The molecule has 0 aliphatic carbocycles. The average Bonchev–Trinajstić information content (AvgIpc) is 3.96. The maximum atomic E-state index is 10.6. The Hall–Kier alpha value is -7.35. The van der Waals surface area contributed by atoms with E-state index in [2.05, 4.69) is 242 Å². The number of hydrogen-bond donors (Lipinski definition) is 0. The number of nitriles is 1. The molecule has 4 nitrogen and oxygen atoms in total. The summed E-state index contributed by atoms with van der Waals surface area (Å²) in [6.45, 7) is 27.9. The highest BCUT2D eigenvalue weighted by molar-refractivity contribution is 6.31. The summed E-state index contributed by atoms with van der Waals surface area (Å²) < 4.78 is 7.51. The highest BCUT2D eigenvalue weighted by atomic mass is 15.0. The van der Waals surface area contributed by atoms with Crippen molar-refractivity contribution < 1.29 is 0 Å². The minimum absolute atomic E-state index is 0.0397. The summed E-state index contributed by atoms with van der Waals surface area (Å²) in [4.78, 5) is 0. The molecule has 0 N–H and O–H groups in total. The quantitative estimate of drug-likeness (QED) is 0.173. The molecule has 11 aromatic rings. The Balaban J connectivity index is 1.33. The first-order chi connectivity index (χ1) is 32.7. The summed E-state index contributed by atoms with van der Waals surface area (Å²) in [6.07, 6.45) is 0. The number of fused-ring (bicyclic) bond motifs is 11. The molecule has 0 bridgehead atoms. The van der Waals surface area contributed by atoms with Crippen molar-refractivity contribution in [2.24, 2.45) is 0 Å². The van der Waals surface area contributed by atoms with E-state index in [1.165, 1.54) is 82.3 Å². The second-order valence-electron chi connectivity index (χ2n) is 23.5. The number of aromatic nitrogens is 3. The molecule has 3 heterocycles. The number of rotatable bonds is 4. The fourth-order valence-electron chi connectivity index (χ4n) is 10.8. The summed E-state index contributed by atoms with van der Waals surface area (Å²) in [5, 5.41) is 17.9. The van der Waals surface area contributed by atoms with Gasteiger partial charge in [-0.1, -0.05) is 180 Å². The number of hydrogen-bond acceptors (Lipinski definition) is 1. The van der Waals surface area contributed by atoms with Crippen LogP contribution in [0.1, 0.15) is 111 Å². The first kappa shape index (κ1) is 44.2. The first-order valence-corrected chi connectivity index (χ1v) is 24.6. The molecular formula is C65H62N4. The number of nitrogens with zero attached hydrogens (tertiary/aromatic N) is 4. The molecule has 342 valence electrons. The predicted molar refractivity (Wildman–Crippen MR) is 294 cm³/mol. The van der Waals surface area contributed by atoms with Crippen molar-refractivity contribution in [1.82, 2.24) is 13.7 Å². The van der Waals surface area contributed by atoms with Crippen LogP contribution < -0.4 is 0 Å². The van der Waals surface area contributed by atoms with E-state index in [0.717, 1.165) is 33.5 Å². The van der Waals surface area contributed by atoms with E-state index in [4.69, 9.17) is 0 Å². The monoisotopic (exact) mass is 898 g/mol. The average molecular weight is 899 g/mol. The molecule has 0 saturated heterocycles. The maximum absolute atomic E-state index is 10.6. The van der Waals surface area contributed by atoms with Gasteiger partial charge in [0.05, 0.1) is 44.7 Å². The Bertz CT molecular complexity index is 3860. The van der Waals surface area contributed by atoms with Crippen LogP contribution in [0.5, 0.6) is 0 Å². The van der Waals surface area contributed by atoms with Gasteiger partial charge in [-0.15, -0.1) is 0 Å². The van der Waals surface area contributed by atoms with E-state index in [1.54, 1.807) is 0 Å². The third-order valence-corrected chi connectivity index (χ3v) is 14.6.